The van der Waals surface area contributed by atoms with Crippen LogP contribution in [-0.4, -0.2) is 12.1 Å². The maximum Gasteiger partial charge on any atom is 0.271 e. The number of benzene rings is 2. The van der Waals surface area contributed by atoms with Crippen molar-refractivity contribution in [2.24, 2.45) is 5.10 Å². The number of nitrogens with one attached hydrogen (secondary N) is 1. The number of hydrogen-bond donors (Lipinski definition) is 1. The summed E-state index contributed by atoms with van der Waals surface area (Å²) in [5.74, 6) is 0.341. The summed E-state index contributed by atoms with van der Waals surface area (Å²) >= 11 is 0. The van der Waals surface area contributed by atoms with Crippen molar-refractivity contribution in [1.82, 2.24) is 5.43 Å². The smallest absolute Gasteiger partial charge is 0.271 e. The van der Waals surface area contributed by atoms with E-state index in [1.807, 2.05) is 36.4 Å². The van der Waals surface area contributed by atoms with Crippen molar-refractivity contribution in [3.63, 3.8) is 0 Å². The van der Waals surface area contributed by atoms with Crippen molar-refractivity contribution >= 4 is 22.9 Å². The molecule has 3 rings (SSSR count). The van der Waals surface area contributed by atoms with Crippen LogP contribution in [-0.2, 0) is 0 Å². The van der Waals surface area contributed by atoms with Gasteiger partial charge in [-0.3, -0.25) is 4.79 Å². The second-order valence-corrected chi connectivity index (χ2v) is 4.24. The van der Waals surface area contributed by atoms with Crippen LogP contribution >= 0.6 is 0 Å². The van der Waals surface area contributed by atoms with Gasteiger partial charge in [-0.1, -0.05) is 36.4 Å². The second kappa shape index (κ2) is 5.40. The first kappa shape index (κ1) is 12.2. The van der Waals surface area contributed by atoms with Crippen molar-refractivity contribution in [3.8, 4) is 0 Å². The molecule has 98 valence electrons. The molecule has 0 atom stereocenters. The molecule has 1 amide bonds. The Morgan fingerprint density at radius 1 is 1.05 bits per heavy atom. The summed E-state index contributed by atoms with van der Waals surface area (Å²) in [6.07, 6.45) is 3.01. The van der Waals surface area contributed by atoms with Crippen molar-refractivity contribution in [2.75, 3.05) is 0 Å². The fourth-order valence-corrected chi connectivity index (χ4v) is 2.00. The predicted octanol–water partition coefficient (Wildman–Crippen LogP) is 3.20. The molecule has 1 N–H and O–H groups in total. The van der Waals surface area contributed by atoms with Gasteiger partial charge in [0.25, 0.3) is 5.91 Å². The Morgan fingerprint density at radius 3 is 2.75 bits per heavy atom. The highest BCUT2D eigenvalue weighted by Gasteiger charge is 2.08. The lowest BCUT2D eigenvalue weighted by molar-refractivity contribution is 0.0957. The van der Waals surface area contributed by atoms with Gasteiger partial charge >= 0.3 is 0 Å². The van der Waals surface area contributed by atoms with Crippen LogP contribution in [0.25, 0.3) is 10.8 Å². The maximum atomic E-state index is 12.1. The number of carbonyl (C=O) groups excluding carboxylic acids is 1. The Balaban J connectivity index is 1.82. The Hall–Kier alpha value is -2.88. The summed E-state index contributed by atoms with van der Waals surface area (Å²) in [5.41, 5.74) is 3.10. The molecule has 0 aliphatic rings. The lowest BCUT2D eigenvalue weighted by atomic mass is 10.0. The Labute approximate surface area is 115 Å². The number of hydrogen-bond acceptors (Lipinski definition) is 3. The van der Waals surface area contributed by atoms with Gasteiger partial charge < -0.3 is 4.42 Å². The van der Waals surface area contributed by atoms with E-state index in [4.69, 9.17) is 4.42 Å². The van der Waals surface area contributed by atoms with E-state index < -0.39 is 0 Å². The Bertz CT molecular complexity index is 756. The van der Waals surface area contributed by atoms with Crippen molar-refractivity contribution in [1.29, 1.82) is 0 Å². The van der Waals surface area contributed by atoms with E-state index in [-0.39, 0.29) is 5.91 Å². The third kappa shape index (κ3) is 2.44. The third-order valence-electron chi connectivity index (χ3n) is 2.94. The van der Waals surface area contributed by atoms with Crippen molar-refractivity contribution in [2.45, 2.75) is 0 Å². The Kier molecular flexibility index (Phi) is 3.29. The zero-order valence-corrected chi connectivity index (χ0v) is 10.6. The van der Waals surface area contributed by atoms with Crippen LogP contribution in [0.1, 0.15) is 16.1 Å². The van der Waals surface area contributed by atoms with Crippen LogP contribution in [0.4, 0.5) is 0 Å². The van der Waals surface area contributed by atoms with Crippen LogP contribution in [0.3, 0.4) is 0 Å². The fourth-order valence-electron chi connectivity index (χ4n) is 2.00. The normalized spacial score (nSPS) is 11.0. The van der Waals surface area contributed by atoms with E-state index >= 15 is 0 Å². The minimum Gasteiger partial charge on any atom is -0.463 e. The fraction of sp³-hybridized carbons (Fsp3) is 0. The molecule has 0 saturated carbocycles. The highest BCUT2D eigenvalue weighted by atomic mass is 16.3. The summed E-state index contributed by atoms with van der Waals surface area (Å²) in [6, 6.07) is 16.9. The minimum atomic E-state index is -0.246. The zero-order chi connectivity index (χ0) is 13.8. The molecule has 0 radical (unpaired) electrons. The second-order valence-electron chi connectivity index (χ2n) is 4.24. The lowest BCUT2D eigenvalue weighted by Crippen LogP contribution is -2.17. The molecule has 0 saturated heterocycles. The predicted molar refractivity (Wildman–Crippen MR) is 77.7 cm³/mol. The van der Waals surface area contributed by atoms with E-state index in [1.54, 1.807) is 24.5 Å². The van der Waals surface area contributed by atoms with E-state index in [0.717, 1.165) is 10.8 Å². The molecule has 0 fully saturated rings. The quantitative estimate of drug-likeness (QED) is 0.583. The number of fused-ring (bicyclic) bond motifs is 1. The van der Waals surface area contributed by atoms with E-state index in [2.05, 4.69) is 10.5 Å². The molecule has 1 aromatic heterocycles. The molecule has 20 heavy (non-hydrogen) atoms. The molecular weight excluding hydrogens is 252 g/mol. The molecule has 0 aliphatic carbocycles. The molecular formula is C16H12N2O2. The van der Waals surface area contributed by atoms with Gasteiger partial charge in [0.1, 0.15) is 5.76 Å². The number of nitrogens with zero attached hydrogens (tertiary/aromatic N) is 1. The lowest BCUT2D eigenvalue weighted by Gasteiger charge is -2.04. The average molecular weight is 264 g/mol. The molecule has 0 aliphatic heterocycles. The first-order valence-electron chi connectivity index (χ1n) is 6.19. The first-order valence-corrected chi connectivity index (χ1v) is 6.19. The van der Waals surface area contributed by atoms with Crippen molar-refractivity contribution in [3.05, 3.63) is 72.2 Å². The number of carbonyl (C=O) groups is 1. The topological polar surface area (TPSA) is 54.6 Å². The van der Waals surface area contributed by atoms with E-state index in [0.29, 0.717) is 11.3 Å². The highest BCUT2D eigenvalue weighted by molar-refractivity contribution is 6.07. The van der Waals surface area contributed by atoms with Crippen LogP contribution in [0.2, 0.25) is 0 Å². The van der Waals surface area contributed by atoms with Gasteiger partial charge in [-0.15, -0.1) is 0 Å². The van der Waals surface area contributed by atoms with Gasteiger partial charge in [0, 0.05) is 5.56 Å². The third-order valence-corrected chi connectivity index (χ3v) is 2.94. The molecule has 4 heteroatoms. The van der Waals surface area contributed by atoms with Gasteiger partial charge in [-0.25, -0.2) is 5.43 Å². The molecule has 0 bridgehead atoms. The van der Waals surface area contributed by atoms with E-state index in [1.165, 1.54) is 6.21 Å². The Morgan fingerprint density at radius 2 is 1.90 bits per heavy atom. The van der Waals surface area contributed by atoms with Gasteiger partial charge in [0.15, 0.2) is 0 Å². The summed E-state index contributed by atoms with van der Waals surface area (Å²) in [6.45, 7) is 0. The molecule has 1 heterocycles. The summed E-state index contributed by atoms with van der Waals surface area (Å²) in [5, 5.41) is 5.81. The van der Waals surface area contributed by atoms with Gasteiger partial charge in [-0.2, -0.15) is 5.10 Å². The SMILES string of the molecule is O=C(N/N=C\c1ccco1)c1cccc2ccccc12. The number of hydrazone groups is 1. The minimum absolute atomic E-state index is 0.246. The monoisotopic (exact) mass is 264 g/mol. The van der Waals surface area contributed by atoms with E-state index in [9.17, 15) is 4.79 Å². The largest absolute Gasteiger partial charge is 0.463 e. The summed E-state index contributed by atoms with van der Waals surface area (Å²) in [7, 11) is 0. The first-order chi connectivity index (χ1) is 9.84. The number of amides is 1. The average Bonchev–Trinajstić information content (AvgIpc) is 3.00. The highest BCUT2D eigenvalue weighted by Crippen LogP contribution is 2.18. The van der Waals surface area contributed by atoms with Gasteiger partial charge in [0.05, 0.1) is 12.5 Å². The van der Waals surface area contributed by atoms with Crippen LogP contribution < -0.4 is 5.43 Å². The number of rotatable bonds is 3. The molecule has 3 aromatic rings. The molecule has 4 nitrogen and oxygen atoms in total. The summed E-state index contributed by atoms with van der Waals surface area (Å²) in [4.78, 5) is 12.1. The van der Waals surface area contributed by atoms with Crippen molar-refractivity contribution < 1.29 is 9.21 Å². The molecule has 0 spiro atoms. The zero-order valence-electron chi connectivity index (χ0n) is 10.6. The van der Waals surface area contributed by atoms with Gasteiger partial charge in [0.2, 0.25) is 0 Å². The maximum absolute atomic E-state index is 12.1. The van der Waals surface area contributed by atoms with Crippen LogP contribution in [0.5, 0.6) is 0 Å². The molecule has 2 aromatic carbocycles. The van der Waals surface area contributed by atoms with Crippen LogP contribution in [0.15, 0.2) is 70.4 Å². The standard InChI is InChI=1S/C16H12N2O2/c19-16(18-17-11-13-7-4-10-20-13)15-9-3-6-12-5-1-2-8-14(12)15/h1-11H,(H,18,19)/b17-11-. The van der Waals surface area contributed by atoms with Crippen LogP contribution in [0, 0.1) is 0 Å². The molecule has 0 unspecified atom stereocenters. The number of furan rings is 1. The van der Waals surface area contributed by atoms with Gasteiger partial charge in [-0.05, 0) is 29.0 Å². The summed E-state index contributed by atoms with van der Waals surface area (Å²) < 4.78 is 5.09.